The number of halogens is 5. The fourth-order valence-corrected chi connectivity index (χ4v) is 1.29. The molecule has 0 aliphatic rings. The zero-order valence-electron chi connectivity index (χ0n) is 10.5. The largest absolute Gasteiger partial charge is 0.384 e. The molecule has 3 nitrogen and oxygen atoms in total. The van der Waals surface area contributed by atoms with Crippen LogP contribution in [0.5, 0.6) is 0 Å². The lowest BCUT2D eigenvalue weighted by Crippen LogP contribution is -2.41. The van der Waals surface area contributed by atoms with Crippen LogP contribution in [0.4, 0.5) is 22.0 Å². The maximum absolute atomic E-state index is 13.4. The second kappa shape index (κ2) is 7.04. The first-order chi connectivity index (χ1) is 9.77. The molecule has 0 unspecified atom stereocenters. The van der Waals surface area contributed by atoms with Gasteiger partial charge in [0.15, 0.2) is 0 Å². The quantitative estimate of drug-likeness (QED) is 0.658. The highest BCUT2D eigenvalue weighted by Crippen LogP contribution is 2.21. The molecule has 0 aromatic heterocycles. The van der Waals surface area contributed by atoms with Crippen molar-refractivity contribution in [1.29, 1.82) is 0 Å². The smallest absolute Gasteiger partial charge is 0.324 e. The molecular formula is C13H10F5NO2. The topological polar surface area (TPSA) is 49.3 Å². The third-order valence-corrected chi connectivity index (χ3v) is 2.33. The highest BCUT2D eigenvalue weighted by Gasteiger charge is 2.41. The average Bonchev–Trinajstić information content (AvgIpc) is 2.43. The van der Waals surface area contributed by atoms with Gasteiger partial charge in [0.2, 0.25) is 0 Å². The van der Waals surface area contributed by atoms with Gasteiger partial charge in [-0.15, -0.1) is 0 Å². The van der Waals surface area contributed by atoms with Gasteiger partial charge in [-0.2, -0.15) is 8.78 Å². The molecule has 8 heteroatoms. The second-order valence-electron chi connectivity index (χ2n) is 3.90. The summed E-state index contributed by atoms with van der Waals surface area (Å²) in [5.41, 5.74) is -0.443. The van der Waals surface area contributed by atoms with Crippen LogP contribution in [0.15, 0.2) is 18.2 Å². The first kappa shape index (κ1) is 16.9. The van der Waals surface area contributed by atoms with Gasteiger partial charge in [-0.1, -0.05) is 11.8 Å². The summed E-state index contributed by atoms with van der Waals surface area (Å²) in [6.45, 7) is -2.07. The number of amides is 1. The molecule has 21 heavy (non-hydrogen) atoms. The van der Waals surface area contributed by atoms with Gasteiger partial charge in [0.05, 0.1) is 12.1 Å². The summed E-state index contributed by atoms with van der Waals surface area (Å²) < 4.78 is 62.6. The first-order valence-electron chi connectivity index (χ1n) is 5.61. The third kappa shape index (κ3) is 4.72. The Labute approximate surface area is 116 Å². The summed E-state index contributed by atoms with van der Waals surface area (Å²) in [5, 5.41) is 10.0. The van der Waals surface area contributed by atoms with E-state index in [9.17, 15) is 26.7 Å². The summed E-state index contributed by atoms with van der Waals surface area (Å²) in [6.07, 6.45) is -3.94. The van der Waals surface area contributed by atoms with Gasteiger partial charge in [0, 0.05) is 5.56 Å². The minimum atomic E-state index is -4.40. The number of hydrogen-bond acceptors (Lipinski definition) is 2. The number of rotatable bonds is 4. The Balaban J connectivity index is 2.87. The zero-order valence-corrected chi connectivity index (χ0v) is 10.5. The van der Waals surface area contributed by atoms with Gasteiger partial charge in [-0.05, 0) is 18.2 Å². The van der Waals surface area contributed by atoms with Crippen LogP contribution in [0.25, 0.3) is 0 Å². The highest BCUT2D eigenvalue weighted by molar-refractivity contribution is 5.94. The van der Waals surface area contributed by atoms with Crippen molar-refractivity contribution in [3.8, 4) is 11.8 Å². The lowest BCUT2D eigenvalue weighted by Gasteiger charge is -2.15. The Morgan fingerprint density at radius 2 is 2.05 bits per heavy atom. The lowest BCUT2D eigenvalue weighted by atomic mass is 10.1. The van der Waals surface area contributed by atoms with E-state index >= 15 is 0 Å². The van der Waals surface area contributed by atoms with Crippen LogP contribution in [0, 0.1) is 17.7 Å². The minimum absolute atomic E-state index is 0.163. The molecule has 1 aromatic carbocycles. The van der Waals surface area contributed by atoms with E-state index in [-0.39, 0.29) is 5.56 Å². The summed E-state index contributed by atoms with van der Waals surface area (Å²) in [5.74, 6) is -2.03. The molecule has 2 N–H and O–H groups in total. The molecule has 1 aromatic rings. The van der Waals surface area contributed by atoms with Gasteiger partial charge in [0.1, 0.15) is 12.4 Å². The number of benzene rings is 1. The predicted octanol–water partition coefficient (Wildman–Crippen LogP) is 1.80. The monoisotopic (exact) mass is 307 g/mol. The van der Waals surface area contributed by atoms with E-state index < -0.39 is 42.8 Å². The van der Waals surface area contributed by atoms with Gasteiger partial charge in [-0.3, -0.25) is 4.79 Å². The molecule has 0 radical (unpaired) electrons. The predicted molar refractivity (Wildman–Crippen MR) is 63.6 cm³/mol. The molecule has 0 aliphatic heterocycles. The van der Waals surface area contributed by atoms with Crippen LogP contribution < -0.4 is 5.32 Å². The van der Waals surface area contributed by atoms with Crippen molar-refractivity contribution in [3.05, 3.63) is 35.1 Å². The molecule has 1 rings (SSSR count). The molecule has 0 fully saturated rings. The molecule has 0 atom stereocenters. The van der Waals surface area contributed by atoms with Gasteiger partial charge >= 0.3 is 12.3 Å². The standard InChI is InChI=1S/C13H10F5NO2/c14-10-4-3-8(2-1-5-20)6-9(10)11(21)19-7-13(17,18)12(15)16/h3-4,6,12,20H,5,7H2,(H,19,21). The number of hydrogen-bond donors (Lipinski definition) is 2. The van der Waals surface area contributed by atoms with Crippen molar-refractivity contribution in [3.63, 3.8) is 0 Å². The third-order valence-electron chi connectivity index (χ3n) is 2.33. The van der Waals surface area contributed by atoms with E-state index in [0.29, 0.717) is 0 Å². The van der Waals surface area contributed by atoms with Crippen molar-refractivity contribution in [1.82, 2.24) is 5.32 Å². The zero-order chi connectivity index (χ0) is 16.0. The maximum Gasteiger partial charge on any atom is 0.324 e. The van der Waals surface area contributed by atoms with Gasteiger partial charge in [0.25, 0.3) is 5.91 Å². The molecule has 0 saturated heterocycles. The lowest BCUT2D eigenvalue weighted by molar-refractivity contribution is -0.123. The van der Waals surface area contributed by atoms with Crippen molar-refractivity contribution < 1.29 is 31.9 Å². The molecule has 114 valence electrons. The molecule has 0 spiro atoms. The van der Waals surface area contributed by atoms with Crippen molar-refractivity contribution in [2.24, 2.45) is 0 Å². The van der Waals surface area contributed by atoms with E-state index in [2.05, 4.69) is 11.8 Å². The molecular weight excluding hydrogens is 297 g/mol. The first-order valence-corrected chi connectivity index (χ1v) is 5.61. The highest BCUT2D eigenvalue weighted by atomic mass is 19.3. The minimum Gasteiger partial charge on any atom is -0.384 e. The Morgan fingerprint density at radius 3 is 2.62 bits per heavy atom. The maximum atomic E-state index is 13.4. The van der Waals surface area contributed by atoms with Crippen molar-refractivity contribution in [2.75, 3.05) is 13.2 Å². The average molecular weight is 307 g/mol. The molecule has 0 heterocycles. The Kier molecular flexibility index (Phi) is 5.67. The summed E-state index contributed by atoms with van der Waals surface area (Å²) in [7, 11) is 0. The van der Waals surface area contributed by atoms with E-state index in [4.69, 9.17) is 5.11 Å². The van der Waals surface area contributed by atoms with Crippen LogP contribution in [0.1, 0.15) is 15.9 Å². The number of carbonyl (C=O) groups is 1. The summed E-state index contributed by atoms with van der Waals surface area (Å²) in [4.78, 5) is 11.5. The van der Waals surface area contributed by atoms with Crippen molar-refractivity contribution >= 4 is 5.91 Å². The number of aliphatic hydroxyl groups is 1. The van der Waals surface area contributed by atoms with Crippen LogP contribution in [0.3, 0.4) is 0 Å². The van der Waals surface area contributed by atoms with E-state index in [1.807, 2.05) is 0 Å². The van der Waals surface area contributed by atoms with Crippen LogP contribution in [-0.2, 0) is 0 Å². The van der Waals surface area contributed by atoms with E-state index in [1.165, 1.54) is 11.4 Å². The molecule has 0 aliphatic carbocycles. The van der Waals surface area contributed by atoms with Crippen LogP contribution >= 0.6 is 0 Å². The number of alkyl halides is 4. The number of nitrogens with one attached hydrogen (secondary N) is 1. The number of carbonyl (C=O) groups excluding carboxylic acids is 1. The second-order valence-corrected chi connectivity index (χ2v) is 3.90. The molecule has 1 amide bonds. The van der Waals surface area contributed by atoms with E-state index in [1.54, 1.807) is 0 Å². The Morgan fingerprint density at radius 1 is 1.38 bits per heavy atom. The number of aliphatic hydroxyl groups excluding tert-OH is 1. The fourth-order valence-electron chi connectivity index (χ4n) is 1.29. The van der Waals surface area contributed by atoms with Crippen LogP contribution in [-0.4, -0.2) is 36.5 Å². The van der Waals surface area contributed by atoms with Crippen LogP contribution in [0.2, 0.25) is 0 Å². The Hall–Kier alpha value is -2.14. The fraction of sp³-hybridized carbons (Fsp3) is 0.308. The summed E-state index contributed by atoms with van der Waals surface area (Å²) >= 11 is 0. The molecule has 0 saturated carbocycles. The normalized spacial score (nSPS) is 11.0. The van der Waals surface area contributed by atoms with Gasteiger partial charge in [-0.25, -0.2) is 13.2 Å². The SMILES string of the molecule is O=C(NCC(F)(F)C(F)F)c1cc(C#CCO)ccc1F. The van der Waals surface area contributed by atoms with Crippen molar-refractivity contribution in [2.45, 2.75) is 12.3 Å². The summed E-state index contributed by atoms with van der Waals surface area (Å²) in [6, 6.07) is 3.05. The molecule has 0 bridgehead atoms. The van der Waals surface area contributed by atoms with Gasteiger partial charge < -0.3 is 10.4 Å². The Bertz CT molecular complexity index is 578. The van der Waals surface area contributed by atoms with E-state index in [0.717, 1.165) is 12.1 Å².